The van der Waals surface area contributed by atoms with E-state index in [9.17, 15) is 9.59 Å². The van der Waals surface area contributed by atoms with Crippen LogP contribution in [-0.4, -0.2) is 26.9 Å². The van der Waals surface area contributed by atoms with Gasteiger partial charge in [0.15, 0.2) is 5.54 Å². The van der Waals surface area contributed by atoms with Gasteiger partial charge in [-0.15, -0.1) is 0 Å². The third-order valence-corrected chi connectivity index (χ3v) is 5.66. The van der Waals surface area contributed by atoms with Gasteiger partial charge in [0.05, 0.1) is 0 Å². The van der Waals surface area contributed by atoms with Gasteiger partial charge in [0.2, 0.25) is 6.23 Å². The van der Waals surface area contributed by atoms with Crippen molar-refractivity contribution in [3.8, 4) is 0 Å². The van der Waals surface area contributed by atoms with E-state index in [-0.39, 0.29) is 6.61 Å². The molecule has 0 N–H and O–H groups in total. The third kappa shape index (κ3) is 3.49. The molecule has 0 aromatic heterocycles. The summed E-state index contributed by atoms with van der Waals surface area (Å²) in [5, 5.41) is 0. The number of carbonyl (C=O) groups excluding carboxylic acids is 2. The van der Waals surface area contributed by atoms with Crippen LogP contribution in [0.25, 0.3) is 0 Å². The van der Waals surface area contributed by atoms with Crippen LogP contribution in [0.3, 0.4) is 0 Å². The highest BCUT2D eigenvalue weighted by Crippen LogP contribution is 2.39. The van der Waals surface area contributed by atoms with Gasteiger partial charge in [-0.3, -0.25) is 4.90 Å². The van der Waals surface area contributed by atoms with Crippen LogP contribution in [0, 0.1) is 0 Å². The van der Waals surface area contributed by atoms with E-state index in [0.717, 1.165) is 11.1 Å². The molecule has 2 aromatic rings. The number of esters is 1. The average molecular weight is 451 g/mol. The summed E-state index contributed by atoms with van der Waals surface area (Å²) in [4.78, 5) is 26.6. The molecule has 0 aliphatic carbocycles. The number of halogens is 1. The summed E-state index contributed by atoms with van der Waals surface area (Å²) < 4.78 is 11.4. The van der Waals surface area contributed by atoms with E-state index >= 15 is 0 Å². The Morgan fingerprint density at radius 3 is 2.36 bits per heavy atom. The summed E-state index contributed by atoms with van der Waals surface area (Å²) in [7, 11) is 0. The minimum absolute atomic E-state index is 0.142. The van der Waals surface area contributed by atoms with Gasteiger partial charge in [-0.1, -0.05) is 83.3 Å². The lowest BCUT2D eigenvalue weighted by atomic mass is 10.0. The first kappa shape index (κ1) is 17.7. The first-order valence-corrected chi connectivity index (χ1v) is 9.41. The van der Waals surface area contributed by atoms with Crippen molar-refractivity contribution in [2.75, 3.05) is 4.43 Å². The van der Waals surface area contributed by atoms with Crippen LogP contribution in [0.4, 0.5) is 4.79 Å². The number of cyclic esters (lactones) is 1. The maximum atomic E-state index is 12.8. The number of nitrogens with zero attached hydrogens (tertiary/aromatic N) is 1. The lowest BCUT2D eigenvalue weighted by molar-refractivity contribution is -0.144. The van der Waals surface area contributed by atoms with Crippen LogP contribution < -0.4 is 0 Å². The molecule has 0 spiro atoms. The molecule has 0 saturated carbocycles. The number of alkyl halides is 1. The zero-order valence-corrected chi connectivity index (χ0v) is 15.9. The van der Waals surface area contributed by atoms with Crippen molar-refractivity contribution in [2.24, 2.45) is 0 Å². The number of hydrogen-bond donors (Lipinski definition) is 0. The Morgan fingerprint density at radius 1 is 1.16 bits per heavy atom. The van der Waals surface area contributed by atoms with Gasteiger partial charge < -0.3 is 9.47 Å². The monoisotopic (exact) mass is 451 g/mol. The summed E-state index contributed by atoms with van der Waals surface area (Å²) in [6, 6.07) is 18.6. The standard InChI is InChI=1S/C19H18INO4/c1-19(13-20)17(22)25-16(15-10-6-3-7-11-15)21(19)18(23)24-12-14-8-4-2-5-9-14/h2-11,16H,12-13H2,1H3. The number of benzene rings is 2. The maximum Gasteiger partial charge on any atom is 0.414 e. The highest BCUT2D eigenvalue weighted by atomic mass is 127. The molecule has 1 fully saturated rings. The molecule has 0 radical (unpaired) electrons. The van der Waals surface area contributed by atoms with Crippen molar-refractivity contribution in [1.82, 2.24) is 4.90 Å². The fourth-order valence-electron chi connectivity index (χ4n) is 2.68. The van der Waals surface area contributed by atoms with E-state index in [1.165, 1.54) is 4.90 Å². The SMILES string of the molecule is CC1(CI)C(=O)OC(c2ccccc2)N1C(=O)OCc1ccccc1. The second-order valence-electron chi connectivity index (χ2n) is 5.99. The molecule has 130 valence electrons. The van der Waals surface area contributed by atoms with Crippen molar-refractivity contribution < 1.29 is 19.1 Å². The van der Waals surface area contributed by atoms with Gasteiger partial charge in [-0.2, -0.15) is 0 Å². The average Bonchev–Trinajstić information content (AvgIpc) is 2.93. The second kappa shape index (κ2) is 7.43. The van der Waals surface area contributed by atoms with Gasteiger partial charge in [0, 0.05) is 9.99 Å². The highest BCUT2D eigenvalue weighted by Gasteiger charge is 2.55. The van der Waals surface area contributed by atoms with Gasteiger partial charge in [0.1, 0.15) is 6.61 Å². The minimum Gasteiger partial charge on any atom is -0.444 e. The molecule has 2 unspecified atom stereocenters. The first-order valence-electron chi connectivity index (χ1n) is 7.88. The van der Waals surface area contributed by atoms with Gasteiger partial charge >= 0.3 is 12.1 Å². The number of carbonyl (C=O) groups is 2. The van der Waals surface area contributed by atoms with Crippen LogP contribution in [0.5, 0.6) is 0 Å². The highest BCUT2D eigenvalue weighted by molar-refractivity contribution is 14.1. The Labute approximate surface area is 160 Å². The molecule has 5 nitrogen and oxygen atoms in total. The Bertz CT molecular complexity index is 753. The molecule has 1 amide bonds. The molecule has 1 aliphatic heterocycles. The summed E-state index contributed by atoms with van der Waals surface area (Å²) in [6.07, 6.45) is -1.35. The molecule has 2 atom stereocenters. The molecular weight excluding hydrogens is 433 g/mol. The molecule has 1 saturated heterocycles. The van der Waals surface area contributed by atoms with Gasteiger partial charge in [0.25, 0.3) is 0 Å². The quantitative estimate of drug-likeness (QED) is 0.400. The van der Waals surface area contributed by atoms with Crippen molar-refractivity contribution in [3.05, 3.63) is 71.8 Å². The Balaban J connectivity index is 1.85. The zero-order chi connectivity index (χ0) is 17.9. The van der Waals surface area contributed by atoms with Crippen molar-refractivity contribution >= 4 is 34.7 Å². The van der Waals surface area contributed by atoms with Gasteiger partial charge in [-0.05, 0) is 12.5 Å². The molecule has 0 bridgehead atoms. The third-order valence-electron chi connectivity index (χ3n) is 4.17. The summed E-state index contributed by atoms with van der Waals surface area (Å²) >= 11 is 2.09. The zero-order valence-electron chi connectivity index (χ0n) is 13.7. The second-order valence-corrected chi connectivity index (χ2v) is 6.75. The maximum absolute atomic E-state index is 12.8. The predicted molar refractivity (Wildman–Crippen MR) is 101 cm³/mol. The van der Waals surface area contributed by atoms with E-state index in [1.54, 1.807) is 6.92 Å². The predicted octanol–water partition coefficient (Wildman–Crippen LogP) is 4.07. The largest absolute Gasteiger partial charge is 0.444 e. The molecule has 6 heteroatoms. The summed E-state index contributed by atoms with van der Waals surface area (Å²) in [6.45, 7) is 1.84. The van der Waals surface area contributed by atoms with Crippen LogP contribution in [0.15, 0.2) is 60.7 Å². The Morgan fingerprint density at radius 2 is 1.76 bits per heavy atom. The Hall–Kier alpha value is -2.09. The normalized spacial score (nSPS) is 22.6. The van der Waals surface area contributed by atoms with Crippen molar-refractivity contribution in [2.45, 2.75) is 25.3 Å². The first-order chi connectivity index (χ1) is 12.1. The van der Waals surface area contributed by atoms with Crippen molar-refractivity contribution in [3.63, 3.8) is 0 Å². The number of hydrogen-bond acceptors (Lipinski definition) is 4. The van der Waals surface area contributed by atoms with Gasteiger partial charge in [-0.25, -0.2) is 9.59 Å². The van der Waals surface area contributed by atoms with Crippen molar-refractivity contribution in [1.29, 1.82) is 0 Å². The number of amides is 1. The molecule has 3 rings (SSSR count). The smallest absolute Gasteiger partial charge is 0.414 e. The molecular formula is C19H18INO4. The van der Waals surface area contributed by atoms with E-state index < -0.39 is 23.8 Å². The fourth-order valence-corrected chi connectivity index (χ4v) is 3.36. The van der Waals surface area contributed by atoms with Crippen LogP contribution >= 0.6 is 22.6 Å². The molecule has 2 aromatic carbocycles. The van der Waals surface area contributed by atoms with E-state index in [2.05, 4.69) is 22.6 Å². The molecule has 25 heavy (non-hydrogen) atoms. The minimum atomic E-state index is -1.06. The van der Waals surface area contributed by atoms with Crippen LogP contribution in [0.1, 0.15) is 24.3 Å². The number of rotatable bonds is 4. The summed E-state index contributed by atoms with van der Waals surface area (Å²) in [5.41, 5.74) is 0.560. The molecule has 1 heterocycles. The topological polar surface area (TPSA) is 55.8 Å². The van der Waals surface area contributed by atoms with E-state index in [1.807, 2.05) is 60.7 Å². The van der Waals surface area contributed by atoms with E-state index in [0.29, 0.717) is 4.43 Å². The number of ether oxygens (including phenoxy) is 2. The lowest BCUT2D eigenvalue weighted by Gasteiger charge is -2.31. The lowest BCUT2D eigenvalue weighted by Crippen LogP contribution is -2.51. The van der Waals surface area contributed by atoms with Crippen LogP contribution in [0.2, 0.25) is 0 Å². The van der Waals surface area contributed by atoms with Crippen LogP contribution in [-0.2, 0) is 20.9 Å². The summed E-state index contributed by atoms with van der Waals surface area (Å²) in [5.74, 6) is -0.424. The Kier molecular flexibility index (Phi) is 5.27. The fraction of sp³-hybridized carbons (Fsp3) is 0.263. The van der Waals surface area contributed by atoms with E-state index in [4.69, 9.17) is 9.47 Å². The molecule has 1 aliphatic rings.